The molecule has 1 heterocycles. The highest BCUT2D eigenvalue weighted by Gasteiger charge is 2.05. The fraction of sp³-hybridized carbons (Fsp3) is 0.250. The zero-order valence-corrected chi connectivity index (χ0v) is 11.2. The molecular weight excluding hydrogens is 257 g/mol. The van der Waals surface area contributed by atoms with Crippen LogP contribution in [0.4, 0.5) is 5.69 Å². The topological polar surface area (TPSA) is 29.9 Å². The van der Waals surface area contributed by atoms with Crippen molar-refractivity contribution in [1.82, 2.24) is 9.78 Å². The number of benzene rings is 1. The van der Waals surface area contributed by atoms with Gasteiger partial charge in [-0.15, -0.1) is 0 Å². The largest absolute Gasteiger partial charge is 0.380 e. The number of hydrogen-bond acceptors (Lipinski definition) is 2. The highest BCUT2D eigenvalue weighted by Crippen LogP contribution is 2.26. The molecule has 0 bridgehead atoms. The number of hydrogen-bond donors (Lipinski definition) is 1. The van der Waals surface area contributed by atoms with E-state index in [0.717, 1.165) is 16.9 Å². The Labute approximate surface area is 110 Å². The van der Waals surface area contributed by atoms with Crippen LogP contribution in [0.25, 0.3) is 0 Å². The quantitative estimate of drug-likeness (QED) is 0.922. The molecule has 2 aromatic rings. The zero-order chi connectivity index (χ0) is 12.4. The van der Waals surface area contributed by atoms with Crippen LogP contribution < -0.4 is 5.32 Å². The molecule has 1 aromatic carbocycles. The first-order chi connectivity index (χ1) is 8.08. The summed E-state index contributed by atoms with van der Waals surface area (Å²) < 4.78 is 1.84. The van der Waals surface area contributed by atoms with E-state index in [1.807, 2.05) is 30.9 Å². The van der Waals surface area contributed by atoms with Crippen molar-refractivity contribution in [3.05, 3.63) is 45.7 Å². The average Bonchev–Trinajstić information content (AvgIpc) is 2.62. The highest BCUT2D eigenvalue weighted by molar-refractivity contribution is 6.35. The first kappa shape index (κ1) is 12.3. The number of nitrogens with zero attached hydrogens (tertiary/aromatic N) is 2. The van der Waals surface area contributed by atoms with E-state index < -0.39 is 0 Å². The molecule has 90 valence electrons. The highest BCUT2D eigenvalue weighted by atomic mass is 35.5. The van der Waals surface area contributed by atoms with Gasteiger partial charge < -0.3 is 5.32 Å². The van der Waals surface area contributed by atoms with Gasteiger partial charge >= 0.3 is 0 Å². The minimum Gasteiger partial charge on any atom is -0.380 e. The third kappa shape index (κ3) is 2.73. The van der Waals surface area contributed by atoms with Gasteiger partial charge in [0.1, 0.15) is 0 Å². The summed E-state index contributed by atoms with van der Waals surface area (Å²) >= 11 is 12.0. The van der Waals surface area contributed by atoms with E-state index in [0.29, 0.717) is 16.6 Å². The van der Waals surface area contributed by atoms with Crippen molar-refractivity contribution >= 4 is 28.9 Å². The molecule has 3 nitrogen and oxygen atoms in total. The predicted molar refractivity (Wildman–Crippen MR) is 71.7 cm³/mol. The van der Waals surface area contributed by atoms with Crippen molar-refractivity contribution in [2.45, 2.75) is 13.5 Å². The molecule has 2 rings (SSSR count). The Morgan fingerprint density at radius 2 is 2.12 bits per heavy atom. The second kappa shape index (κ2) is 4.98. The van der Waals surface area contributed by atoms with E-state index in [2.05, 4.69) is 10.4 Å². The summed E-state index contributed by atoms with van der Waals surface area (Å²) in [7, 11) is 1.92. The Balaban J connectivity index is 2.12. The van der Waals surface area contributed by atoms with Crippen molar-refractivity contribution in [1.29, 1.82) is 0 Å². The smallest absolute Gasteiger partial charge is 0.0638 e. The van der Waals surface area contributed by atoms with Crippen molar-refractivity contribution in [3.63, 3.8) is 0 Å². The number of rotatable bonds is 3. The molecule has 0 aliphatic rings. The molecule has 0 saturated heterocycles. The molecule has 0 saturated carbocycles. The Hall–Kier alpha value is -1.19. The number of halogens is 2. The van der Waals surface area contributed by atoms with Crippen LogP contribution in [0.5, 0.6) is 0 Å². The van der Waals surface area contributed by atoms with Gasteiger partial charge in [-0.2, -0.15) is 5.10 Å². The van der Waals surface area contributed by atoms with Crippen LogP contribution in [0.3, 0.4) is 0 Å². The van der Waals surface area contributed by atoms with Gasteiger partial charge in [-0.05, 0) is 25.1 Å². The fourth-order valence-corrected chi connectivity index (χ4v) is 1.90. The lowest BCUT2D eigenvalue weighted by atomic mass is 10.2. The van der Waals surface area contributed by atoms with E-state index in [1.54, 1.807) is 12.1 Å². The molecular formula is C12H13Cl2N3. The molecule has 1 aromatic heterocycles. The van der Waals surface area contributed by atoms with Gasteiger partial charge in [0.15, 0.2) is 0 Å². The molecule has 0 amide bonds. The molecule has 1 N–H and O–H groups in total. The summed E-state index contributed by atoms with van der Waals surface area (Å²) in [4.78, 5) is 0. The summed E-state index contributed by atoms with van der Waals surface area (Å²) in [6, 6.07) is 5.36. The predicted octanol–water partition coefficient (Wildman–Crippen LogP) is 3.65. The molecule has 0 spiro atoms. The number of aromatic nitrogens is 2. The van der Waals surface area contributed by atoms with Crippen molar-refractivity contribution < 1.29 is 0 Å². The Bertz CT molecular complexity index is 535. The summed E-state index contributed by atoms with van der Waals surface area (Å²) in [6.07, 6.45) is 1.85. The standard InChI is InChI=1S/C12H13Cl2N3/c1-8-9(7-16-17(8)2)6-15-12-5-10(13)3-4-11(12)14/h3-5,7,15H,6H2,1-2H3. The summed E-state index contributed by atoms with van der Waals surface area (Å²) in [5.41, 5.74) is 3.11. The Morgan fingerprint density at radius 3 is 2.76 bits per heavy atom. The van der Waals surface area contributed by atoms with Crippen molar-refractivity contribution in [2.75, 3.05) is 5.32 Å². The maximum absolute atomic E-state index is 6.07. The molecule has 0 aliphatic carbocycles. The maximum Gasteiger partial charge on any atom is 0.0638 e. The third-order valence-corrected chi connectivity index (χ3v) is 3.30. The molecule has 17 heavy (non-hydrogen) atoms. The summed E-state index contributed by atoms with van der Waals surface area (Å²) in [6.45, 7) is 2.71. The zero-order valence-electron chi connectivity index (χ0n) is 9.67. The minimum atomic E-state index is 0.663. The molecule has 0 radical (unpaired) electrons. The van der Waals surface area contributed by atoms with Gasteiger partial charge in [0.25, 0.3) is 0 Å². The lowest BCUT2D eigenvalue weighted by Crippen LogP contribution is -2.01. The maximum atomic E-state index is 6.07. The second-order valence-corrected chi connectivity index (χ2v) is 4.70. The van der Waals surface area contributed by atoms with Crippen molar-refractivity contribution in [2.24, 2.45) is 7.05 Å². The van der Waals surface area contributed by atoms with Crippen LogP contribution in [0.15, 0.2) is 24.4 Å². The Morgan fingerprint density at radius 1 is 1.35 bits per heavy atom. The Kier molecular flexibility index (Phi) is 3.60. The van der Waals surface area contributed by atoms with E-state index in [1.165, 1.54) is 0 Å². The second-order valence-electron chi connectivity index (χ2n) is 3.86. The molecule has 0 aliphatic heterocycles. The van der Waals surface area contributed by atoms with Crippen LogP contribution >= 0.6 is 23.2 Å². The van der Waals surface area contributed by atoms with Gasteiger partial charge in [-0.3, -0.25) is 4.68 Å². The third-order valence-electron chi connectivity index (χ3n) is 2.73. The minimum absolute atomic E-state index is 0.663. The average molecular weight is 270 g/mol. The molecule has 0 unspecified atom stereocenters. The van der Waals surface area contributed by atoms with E-state index >= 15 is 0 Å². The SMILES string of the molecule is Cc1c(CNc2cc(Cl)ccc2Cl)cnn1C. The van der Waals surface area contributed by atoms with Crippen LogP contribution in [-0.2, 0) is 13.6 Å². The van der Waals surface area contributed by atoms with Gasteiger partial charge in [0, 0.05) is 29.9 Å². The van der Waals surface area contributed by atoms with Gasteiger partial charge in [-0.1, -0.05) is 23.2 Å². The van der Waals surface area contributed by atoms with E-state index in [4.69, 9.17) is 23.2 Å². The van der Waals surface area contributed by atoms with Gasteiger partial charge in [0.05, 0.1) is 16.9 Å². The van der Waals surface area contributed by atoms with Gasteiger partial charge in [-0.25, -0.2) is 0 Å². The first-order valence-electron chi connectivity index (χ1n) is 5.24. The van der Waals surface area contributed by atoms with E-state index in [-0.39, 0.29) is 0 Å². The lowest BCUT2D eigenvalue weighted by Gasteiger charge is -2.08. The van der Waals surface area contributed by atoms with Crippen LogP contribution in [0.1, 0.15) is 11.3 Å². The van der Waals surface area contributed by atoms with Crippen molar-refractivity contribution in [3.8, 4) is 0 Å². The summed E-state index contributed by atoms with van der Waals surface area (Å²) in [5, 5.41) is 8.77. The van der Waals surface area contributed by atoms with Crippen LogP contribution in [-0.4, -0.2) is 9.78 Å². The normalized spacial score (nSPS) is 10.6. The number of nitrogens with one attached hydrogen (secondary N) is 1. The van der Waals surface area contributed by atoms with Gasteiger partial charge in [0.2, 0.25) is 0 Å². The molecule has 0 fully saturated rings. The lowest BCUT2D eigenvalue weighted by molar-refractivity contribution is 0.738. The van der Waals surface area contributed by atoms with Crippen LogP contribution in [0, 0.1) is 6.92 Å². The number of aryl methyl sites for hydroxylation is 1. The monoisotopic (exact) mass is 269 g/mol. The van der Waals surface area contributed by atoms with E-state index in [9.17, 15) is 0 Å². The summed E-state index contributed by atoms with van der Waals surface area (Å²) in [5.74, 6) is 0. The fourth-order valence-electron chi connectivity index (χ4n) is 1.54. The van der Waals surface area contributed by atoms with Crippen LogP contribution in [0.2, 0.25) is 10.0 Å². The molecule has 0 atom stereocenters. The molecule has 5 heteroatoms. The first-order valence-corrected chi connectivity index (χ1v) is 6.00. The number of anilines is 1.